The Morgan fingerprint density at radius 1 is 1.43 bits per heavy atom. The summed E-state index contributed by atoms with van der Waals surface area (Å²) in [5, 5.41) is 36.2. The van der Waals surface area contributed by atoms with Crippen LogP contribution in [0.5, 0.6) is 0 Å². The van der Waals surface area contributed by atoms with Crippen LogP contribution in [-0.2, 0) is 19.2 Å². The number of fused-ring (bicyclic) bond motifs is 1. The number of tetrazole rings is 1. The largest absolute Gasteiger partial charge is 0.481 e. The number of amides is 2. The molecule has 2 aliphatic rings. The summed E-state index contributed by atoms with van der Waals surface area (Å²) in [5.74, 6) is -3.46. The molecule has 2 amide bonds. The molecule has 1 fully saturated rings. The normalized spacial score (nSPS) is 22.0. The highest BCUT2D eigenvalue weighted by atomic mass is 32.2. The van der Waals surface area contributed by atoms with Gasteiger partial charge in [-0.25, -0.2) is 9.78 Å². The third-order valence-corrected chi connectivity index (χ3v) is 8.41. The van der Waals surface area contributed by atoms with Crippen LogP contribution >= 0.6 is 34.9 Å². The molecule has 35 heavy (non-hydrogen) atoms. The summed E-state index contributed by atoms with van der Waals surface area (Å²) in [6.45, 7) is 1.63. The molecule has 14 nitrogen and oxygen atoms in total. The Morgan fingerprint density at radius 2 is 2.20 bits per heavy atom. The molecule has 0 bridgehead atoms. The fourth-order valence-electron chi connectivity index (χ4n) is 3.64. The summed E-state index contributed by atoms with van der Waals surface area (Å²) < 4.78 is 0. The molecule has 0 spiro atoms. The highest BCUT2D eigenvalue weighted by Crippen LogP contribution is 2.48. The third kappa shape index (κ3) is 4.61. The maximum Gasteiger partial charge on any atom is 0.352 e. The number of carbonyl (C=O) groups is 4. The van der Waals surface area contributed by atoms with Gasteiger partial charge in [0.15, 0.2) is 10.7 Å². The molecule has 0 unspecified atom stereocenters. The molecule has 17 heteroatoms. The summed E-state index contributed by atoms with van der Waals surface area (Å²) in [6.07, 6.45) is 0.724. The number of thioether (sulfide) groups is 2. The molecule has 4 rings (SSSR count). The lowest BCUT2D eigenvalue weighted by atomic mass is 9.87. The smallest absolute Gasteiger partial charge is 0.352 e. The lowest BCUT2D eigenvalue weighted by molar-refractivity contribution is -0.156. The molecule has 2 aliphatic heterocycles. The predicted molar refractivity (Wildman–Crippen MR) is 126 cm³/mol. The van der Waals surface area contributed by atoms with E-state index in [-0.39, 0.29) is 33.0 Å². The number of anilines is 1. The number of thiazole rings is 1. The van der Waals surface area contributed by atoms with Gasteiger partial charge in [0.05, 0.1) is 17.7 Å². The Morgan fingerprint density at radius 3 is 2.80 bits per heavy atom. The van der Waals surface area contributed by atoms with E-state index in [2.05, 4.69) is 30.9 Å². The summed E-state index contributed by atoms with van der Waals surface area (Å²) in [7, 11) is 0. The fourth-order valence-corrected chi connectivity index (χ4v) is 6.65. The fraction of sp³-hybridized carbons (Fsp3) is 0.333. The number of hydrogen-bond acceptors (Lipinski definition) is 12. The molecule has 2 aromatic heterocycles. The van der Waals surface area contributed by atoms with Crippen molar-refractivity contribution in [3.05, 3.63) is 28.4 Å². The third-order valence-electron chi connectivity index (χ3n) is 5.18. The van der Waals surface area contributed by atoms with Gasteiger partial charge in [0.25, 0.3) is 11.8 Å². The average Bonchev–Trinajstić information content (AvgIpc) is 3.47. The number of nitrogens with one attached hydrogen (secondary N) is 2. The second kappa shape index (κ2) is 9.67. The van der Waals surface area contributed by atoms with Gasteiger partial charge in [-0.05, 0) is 17.7 Å². The highest BCUT2D eigenvalue weighted by Gasteiger charge is 2.65. The zero-order valence-electron chi connectivity index (χ0n) is 17.9. The van der Waals surface area contributed by atoms with Gasteiger partial charge < -0.3 is 21.3 Å². The number of carboxylic acid groups (broad SMARTS) is 2. The first-order valence-electron chi connectivity index (χ1n) is 9.84. The van der Waals surface area contributed by atoms with Gasteiger partial charge in [0.1, 0.15) is 11.1 Å². The Hall–Kier alpha value is -3.44. The molecule has 0 saturated carbocycles. The molecule has 2 aromatic rings. The van der Waals surface area contributed by atoms with Gasteiger partial charge >= 0.3 is 11.9 Å². The molecule has 0 aliphatic carbocycles. The summed E-state index contributed by atoms with van der Waals surface area (Å²) in [4.78, 5) is 55.1. The van der Waals surface area contributed by atoms with E-state index in [1.807, 2.05) is 0 Å². The first-order chi connectivity index (χ1) is 16.6. The van der Waals surface area contributed by atoms with Crippen LogP contribution in [0.15, 0.2) is 27.9 Å². The maximum absolute atomic E-state index is 13.5. The van der Waals surface area contributed by atoms with Crippen molar-refractivity contribution in [3.63, 3.8) is 0 Å². The van der Waals surface area contributed by atoms with Crippen molar-refractivity contribution in [3.8, 4) is 0 Å². The van der Waals surface area contributed by atoms with Gasteiger partial charge in [-0.1, -0.05) is 17.8 Å². The number of rotatable bonds is 9. The zero-order chi connectivity index (χ0) is 25.3. The Bertz CT molecular complexity index is 1260. The van der Waals surface area contributed by atoms with E-state index in [4.69, 9.17) is 10.8 Å². The van der Waals surface area contributed by atoms with Gasteiger partial charge in [-0.3, -0.25) is 19.3 Å². The quantitative estimate of drug-likeness (QED) is 0.162. The number of nitrogens with zero attached hydrogens (tertiary/aromatic N) is 5. The monoisotopic (exact) mass is 538 g/mol. The minimum atomic E-state index is -1.53. The van der Waals surface area contributed by atoms with Crippen molar-refractivity contribution < 1.29 is 29.4 Å². The van der Waals surface area contributed by atoms with Crippen molar-refractivity contribution in [1.29, 1.82) is 0 Å². The molecule has 2 atom stereocenters. The first kappa shape index (κ1) is 24.7. The number of carbonyl (C=O) groups excluding carboxylic acids is 2. The average molecular weight is 539 g/mol. The maximum atomic E-state index is 13.5. The van der Waals surface area contributed by atoms with E-state index in [1.165, 1.54) is 23.2 Å². The number of nitrogens with two attached hydrogens (primary N) is 1. The molecule has 6 N–H and O–H groups in total. The summed E-state index contributed by atoms with van der Waals surface area (Å²) >= 11 is 3.43. The van der Waals surface area contributed by atoms with Gasteiger partial charge in [-0.2, -0.15) is 5.21 Å². The van der Waals surface area contributed by atoms with Crippen molar-refractivity contribution >= 4 is 69.3 Å². The molecule has 0 aromatic carbocycles. The molecular formula is C18H18N8O6S3. The van der Waals surface area contributed by atoms with Crippen LogP contribution in [0.2, 0.25) is 0 Å². The van der Waals surface area contributed by atoms with E-state index in [1.54, 1.807) is 6.92 Å². The molecule has 184 valence electrons. The number of aliphatic carboxylic acids is 2. The Kier molecular flexibility index (Phi) is 6.82. The van der Waals surface area contributed by atoms with E-state index in [0.29, 0.717) is 11.3 Å². The topological polar surface area (TPSA) is 217 Å². The van der Waals surface area contributed by atoms with Crippen LogP contribution in [0, 0.1) is 0 Å². The second-order valence-electron chi connectivity index (χ2n) is 7.47. The second-order valence-corrected chi connectivity index (χ2v) is 10.4. The molecule has 0 radical (unpaired) electrons. The van der Waals surface area contributed by atoms with Crippen molar-refractivity contribution in [2.45, 2.75) is 29.4 Å². The van der Waals surface area contributed by atoms with Crippen LogP contribution in [-0.4, -0.2) is 86.9 Å². The van der Waals surface area contributed by atoms with E-state index < -0.39 is 41.1 Å². The van der Waals surface area contributed by atoms with E-state index >= 15 is 0 Å². The van der Waals surface area contributed by atoms with Gasteiger partial charge in [0.2, 0.25) is 5.16 Å². The standard InChI is InChI=1S/C18H18N8O6S3/c1-7-4-33-15-18(6-35-17-22-24-25-23-17,14(32)26(15)11(7)13(30)31)21-12(29)8(2-3-10(27)28)9-5-34-16(19)20-9/h2,5,15H,3-4,6H2,1H3,(H2,19,20)(H,21,29)(H,27,28)(H,30,31)(H,22,23,24,25)/t15-,18+/m0/s1. The van der Waals surface area contributed by atoms with Crippen molar-refractivity contribution in [2.24, 2.45) is 0 Å². The van der Waals surface area contributed by atoms with Crippen LogP contribution < -0.4 is 11.1 Å². The highest BCUT2D eigenvalue weighted by molar-refractivity contribution is 8.01. The number of aromatic amines is 1. The van der Waals surface area contributed by atoms with Gasteiger partial charge in [0, 0.05) is 16.9 Å². The van der Waals surface area contributed by atoms with Crippen LogP contribution in [0.3, 0.4) is 0 Å². The Balaban J connectivity index is 1.69. The Labute approximate surface area is 209 Å². The van der Waals surface area contributed by atoms with Crippen molar-refractivity contribution in [1.82, 2.24) is 35.8 Å². The van der Waals surface area contributed by atoms with E-state index in [0.717, 1.165) is 28.0 Å². The lowest BCUT2D eigenvalue weighted by Gasteiger charge is -2.57. The van der Waals surface area contributed by atoms with Crippen molar-refractivity contribution in [2.75, 3.05) is 17.2 Å². The minimum Gasteiger partial charge on any atom is -0.481 e. The number of carboxylic acids is 2. The van der Waals surface area contributed by atoms with Crippen LogP contribution in [0.4, 0.5) is 5.13 Å². The summed E-state index contributed by atoms with van der Waals surface area (Å²) in [6, 6.07) is 0. The van der Waals surface area contributed by atoms with Gasteiger partial charge in [-0.15, -0.1) is 33.3 Å². The predicted octanol–water partition coefficient (Wildman–Crippen LogP) is 0.0175. The van der Waals surface area contributed by atoms with Crippen LogP contribution in [0.1, 0.15) is 19.0 Å². The number of H-pyrrole nitrogens is 1. The van der Waals surface area contributed by atoms with E-state index in [9.17, 15) is 24.3 Å². The number of nitrogen functional groups attached to an aromatic ring is 1. The number of hydrogen-bond donors (Lipinski definition) is 5. The van der Waals surface area contributed by atoms with Crippen LogP contribution in [0.25, 0.3) is 5.57 Å². The first-order valence-corrected chi connectivity index (χ1v) is 12.8. The molecular weight excluding hydrogens is 520 g/mol. The minimum absolute atomic E-state index is 0.0252. The summed E-state index contributed by atoms with van der Waals surface area (Å²) in [5.41, 5.74) is 4.65. The molecule has 4 heterocycles. The lowest BCUT2D eigenvalue weighted by Crippen LogP contribution is -2.81. The number of aromatic nitrogens is 5. The SMILES string of the molecule is CC1=C(C(=O)O)N2C(=O)[C@@](CSc3nn[nH]n3)(NC(=O)C(=CCC(=O)O)c3csc(N)n3)[C@@H]2SC1. The zero-order valence-corrected chi connectivity index (χ0v) is 20.4. The number of β-lactam (4-membered cyclic amide) rings is 1. The molecule has 1 saturated heterocycles.